The summed E-state index contributed by atoms with van der Waals surface area (Å²) in [6, 6.07) is -0.0632. The lowest BCUT2D eigenvalue weighted by molar-refractivity contribution is -0.136. The predicted molar refractivity (Wildman–Crippen MR) is 66.0 cm³/mol. The van der Waals surface area contributed by atoms with Crippen molar-refractivity contribution in [2.75, 3.05) is 27.2 Å². The maximum absolute atomic E-state index is 12.2. The van der Waals surface area contributed by atoms with Crippen LogP contribution in [0, 0.1) is 0 Å². The highest BCUT2D eigenvalue weighted by atomic mass is 16.5. The topological polar surface area (TPSA) is 62.5 Å². The van der Waals surface area contributed by atoms with E-state index in [1.165, 1.54) is 6.39 Å². The lowest BCUT2D eigenvalue weighted by Gasteiger charge is -2.33. The van der Waals surface area contributed by atoms with E-state index >= 15 is 0 Å². The minimum Gasteiger partial charge on any atom is -0.343 e. The standard InChI is InChI=1S/C12H20N4O2/c1-9(15(2)3)12(17)16-6-4-10(5-7-16)11-13-8-18-14-11/h8-10H,4-7H2,1-3H3. The first-order valence-electron chi connectivity index (χ1n) is 6.31. The highest BCUT2D eigenvalue weighted by Crippen LogP contribution is 2.25. The molecule has 18 heavy (non-hydrogen) atoms. The molecule has 2 heterocycles. The van der Waals surface area contributed by atoms with Gasteiger partial charge in [-0.15, -0.1) is 0 Å². The van der Waals surface area contributed by atoms with E-state index in [1.807, 2.05) is 30.8 Å². The lowest BCUT2D eigenvalue weighted by Crippen LogP contribution is -2.47. The van der Waals surface area contributed by atoms with Crippen LogP contribution in [0.5, 0.6) is 0 Å². The van der Waals surface area contributed by atoms with Crippen LogP contribution in [0.1, 0.15) is 31.5 Å². The van der Waals surface area contributed by atoms with Crippen LogP contribution in [0.15, 0.2) is 10.9 Å². The number of rotatable bonds is 3. The van der Waals surface area contributed by atoms with Crippen molar-refractivity contribution >= 4 is 5.91 Å². The maximum atomic E-state index is 12.2. The first kappa shape index (κ1) is 13.0. The smallest absolute Gasteiger partial charge is 0.239 e. The minimum atomic E-state index is -0.0632. The molecule has 2 rings (SSSR count). The fraction of sp³-hybridized carbons (Fsp3) is 0.750. The number of carbonyl (C=O) groups excluding carboxylic acids is 1. The van der Waals surface area contributed by atoms with Crippen LogP contribution in [0.2, 0.25) is 0 Å². The van der Waals surface area contributed by atoms with Crippen LogP contribution in [-0.2, 0) is 4.79 Å². The van der Waals surface area contributed by atoms with Crippen LogP contribution in [0.3, 0.4) is 0 Å². The van der Waals surface area contributed by atoms with Gasteiger partial charge in [-0.3, -0.25) is 9.69 Å². The number of aromatic nitrogens is 2. The molecule has 1 aliphatic heterocycles. The van der Waals surface area contributed by atoms with Crippen LogP contribution >= 0.6 is 0 Å². The Labute approximate surface area is 107 Å². The summed E-state index contributed by atoms with van der Waals surface area (Å²) >= 11 is 0. The van der Waals surface area contributed by atoms with Gasteiger partial charge in [0.25, 0.3) is 0 Å². The third kappa shape index (κ3) is 2.69. The number of piperidine rings is 1. The molecule has 0 bridgehead atoms. The van der Waals surface area contributed by atoms with Crippen LogP contribution in [-0.4, -0.2) is 59.1 Å². The summed E-state index contributed by atoms with van der Waals surface area (Å²) in [4.78, 5) is 20.1. The molecule has 1 unspecified atom stereocenters. The molecule has 0 radical (unpaired) electrons. The first-order valence-corrected chi connectivity index (χ1v) is 6.31. The normalized spacial score (nSPS) is 19.2. The van der Waals surface area contributed by atoms with E-state index in [9.17, 15) is 4.79 Å². The van der Waals surface area contributed by atoms with Crippen molar-refractivity contribution in [2.24, 2.45) is 0 Å². The first-order chi connectivity index (χ1) is 8.59. The second-order valence-corrected chi connectivity index (χ2v) is 5.03. The zero-order valence-corrected chi connectivity index (χ0v) is 11.2. The van der Waals surface area contributed by atoms with E-state index in [4.69, 9.17) is 4.52 Å². The minimum absolute atomic E-state index is 0.0632. The van der Waals surface area contributed by atoms with E-state index in [2.05, 4.69) is 10.1 Å². The van der Waals surface area contributed by atoms with Gasteiger partial charge in [0.05, 0.1) is 6.04 Å². The fourth-order valence-electron chi connectivity index (χ4n) is 2.20. The number of likely N-dealkylation sites (N-methyl/N-ethyl adjacent to an activating group) is 1. The third-order valence-corrected chi connectivity index (χ3v) is 3.68. The zero-order valence-electron chi connectivity index (χ0n) is 11.2. The Morgan fingerprint density at radius 1 is 1.50 bits per heavy atom. The highest BCUT2D eigenvalue weighted by Gasteiger charge is 2.28. The van der Waals surface area contributed by atoms with E-state index in [-0.39, 0.29) is 11.9 Å². The summed E-state index contributed by atoms with van der Waals surface area (Å²) in [5, 5.41) is 3.88. The van der Waals surface area contributed by atoms with E-state index in [1.54, 1.807) is 0 Å². The lowest BCUT2D eigenvalue weighted by atomic mass is 9.96. The number of likely N-dealkylation sites (tertiary alicyclic amines) is 1. The number of hydrogen-bond acceptors (Lipinski definition) is 5. The Bertz CT molecular complexity index is 383. The second kappa shape index (κ2) is 5.48. The van der Waals surface area contributed by atoms with Gasteiger partial charge < -0.3 is 9.42 Å². The average Bonchev–Trinajstić information content (AvgIpc) is 2.91. The zero-order chi connectivity index (χ0) is 13.1. The SMILES string of the molecule is CC(C(=O)N1CCC(c2ncon2)CC1)N(C)C. The molecular weight excluding hydrogens is 232 g/mol. The van der Waals surface area contributed by atoms with Gasteiger partial charge in [0.1, 0.15) is 0 Å². The van der Waals surface area contributed by atoms with Crippen molar-refractivity contribution in [3.05, 3.63) is 12.2 Å². The van der Waals surface area contributed by atoms with Gasteiger partial charge in [-0.25, -0.2) is 0 Å². The number of nitrogens with zero attached hydrogens (tertiary/aromatic N) is 4. The maximum Gasteiger partial charge on any atom is 0.239 e. The number of hydrogen-bond donors (Lipinski definition) is 0. The van der Waals surface area contributed by atoms with Crippen molar-refractivity contribution in [1.82, 2.24) is 19.9 Å². The molecule has 1 amide bonds. The molecule has 1 saturated heterocycles. The summed E-state index contributed by atoms with van der Waals surface area (Å²) in [6.07, 6.45) is 3.18. The molecule has 0 N–H and O–H groups in total. The Kier molecular flexibility index (Phi) is 3.96. The predicted octanol–water partition coefficient (Wildman–Crippen LogP) is 0.726. The van der Waals surface area contributed by atoms with E-state index in [0.717, 1.165) is 31.8 Å². The second-order valence-electron chi connectivity index (χ2n) is 5.03. The summed E-state index contributed by atoms with van der Waals surface area (Å²) in [7, 11) is 3.85. The molecule has 6 heteroatoms. The van der Waals surface area contributed by atoms with Crippen LogP contribution < -0.4 is 0 Å². The quantitative estimate of drug-likeness (QED) is 0.793. The monoisotopic (exact) mass is 252 g/mol. The fourth-order valence-corrected chi connectivity index (χ4v) is 2.20. The molecule has 100 valence electrons. The Hall–Kier alpha value is -1.43. The van der Waals surface area contributed by atoms with Crippen LogP contribution in [0.25, 0.3) is 0 Å². The summed E-state index contributed by atoms with van der Waals surface area (Å²) < 4.78 is 4.76. The molecule has 0 saturated carbocycles. The molecule has 0 aliphatic carbocycles. The summed E-state index contributed by atoms with van der Waals surface area (Å²) in [5.41, 5.74) is 0. The van der Waals surface area contributed by atoms with Gasteiger partial charge in [0.2, 0.25) is 12.3 Å². The molecule has 0 spiro atoms. The van der Waals surface area contributed by atoms with E-state index < -0.39 is 0 Å². The molecule has 1 aliphatic rings. The Morgan fingerprint density at radius 2 is 2.17 bits per heavy atom. The Balaban J connectivity index is 1.89. The summed E-state index contributed by atoms with van der Waals surface area (Å²) in [6.45, 7) is 3.49. The number of amides is 1. The van der Waals surface area contributed by atoms with Gasteiger partial charge in [-0.1, -0.05) is 5.16 Å². The van der Waals surface area contributed by atoms with Gasteiger partial charge in [0.15, 0.2) is 5.82 Å². The Morgan fingerprint density at radius 3 is 2.67 bits per heavy atom. The van der Waals surface area contributed by atoms with Crippen molar-refractivity contribution in [2.45, 2.75) is 31.7 Å². The summed E-state index contributed by atoms with van der Waals surface area (Å²) in [5.74, 6) is 1.29. The molecule has 1 aromatic rings. The van der Waals surface area contributed by atoms with Crippen molar-refractivity contribution < 1.29 is 9.32 Å². The van der Waals surface area contributed by atoms with Gasteiger partial charge in [-0.2, -0.15) is 4.98 Å². The molecule has 1 atom stereocenters. The van der Waals surface area contributed by atoms with Crippen molar-refractivity contribution in [3.8, 4) is 0 Å². The largest absolute Gasteiger partial charge is 0.343 e. The van der Waals surface area contributed by atoms with E-state index in [0.29, 0.717) is 5.92 Å². The average molecular weight is 252 g/mol. The van der Waals surface area contributed by atoms with Crippen LogP contribution in [0.4, 0.5) is 0 Å². The number of carbonyl (C=O) groups is 1. The third-order valence-electron chi connectivity index (χ3n) is 3.68. The van der Waals surface area contributed by atoms with Crippen molar-refractivity contribution in [3.63, 3.8) is 0 Å². The molecule has 6 nitrogen and oxygen atoms in total. The van der Waals surface area contributed by atoms with Gasteiger partial charge in [0, 0.05) is 19.0 Å². The van der Waals surface area contributed by atoms with Gasteiger partial charge in [-0.05, 0) is 33.9 Å². The molecule has 1 fully saturated rings. The molecular formula is C12H20N4O2. The van der Waals surface area contributed by atoms with Crippen molar-refractivity contribution in [1.29, 1.82) is 0 Å². The van der Waals surface area contributed by atoms with Gasteiger partial charge >= 0.3 is 0 Å². The highest BCUT2D eigenvalue weighted by molar-refractivity contribution is 5.81. The molecule has 1 aromatic heterocycles. The molecule has 0 aromatic carbocycles.